The monoisotopic (exact) mass is 226 g/mol. The van der Waals surface area contributed by atoms with Crippen LogP contribution in [0.25, 0.3) is 0 Å². The summed E-state index contributed by atoms with van der Waals surface area (Å²) in [5.41, 5.74) is 5.04. The first-order valence-corrected chi connectivity index (χ1v) is 4.54. The average molecular weight is 226 g/mol. The highest BCUT2D eigenvalue weighted by Gasteiger charge is 2.14. The van der Waals surface area contributed by atoms with Gasteiger partial charge in [0, 0.05) is 19.3 Å². The molecule has 1 rings (SSSR count). The highest BCUT2D eigenvalue weighted by atomic mass is 19.1. The zero-order chi connectivity index (χ0) is 12.0. The van der Waals surface area contributed by atoms with Gasteiger partial charge < -0.3 is 16.4 Å². The van der Waals surface area contributed by atoms with Crippen molar-refractivity contribution in [1.29, 1.82) is 0 Å². The molecular weight excluding hydrogens is 215 g/mol. The molecule has 0 aliphatic heterocycles. The lowest BCUT2D eigenvalue weighted by molar-refractivity contribution is -0.136. The van der Waals surface area contributed by atoms with Crippen molar-refractivity contribution in [3.8, 4) is 0 Å². The summed E-state index contributed by atoms with van der Waals surface area (Å²) in [6, 6.07) is 1.25. The Hall–Kier alpha value is -2.02. The number of nitrogens with zero attached hydrogens (tertiary/aromatic N) is 1. The fourth-order valence-corrected chi connectivity index (χ4v) is 0.922. The second-order valence-corrected chi connectivity index (χ2v) is 2.85. The number of aromatic nitrogens is 1. The third-order valence-corrected chi connectivity index (χ3v) is 1.66. The first-order valence-electron chi connectivity index (χ1n) is 4.54. The lowest BCUT2D eigenvalue weighted by atomic mass is 10.4. The molecule has 0 unspecified atom stereocenters. The van der Waals surface area contributed by atoms with E-state index in [0.29, 0.717) is 0 Å². The molecule has 1 heterocycles. The molecule has 6 nitrogen and oxygen atoms in total. The minimum Gasteiger partial charge on any atom is -0.347 e. The summed E-state index contributed by atoms with van der Waals surface area (Å²) < 4.78 is 13.0. The maximum Gasteiger partial charge on any atom is 0.313 e. The van der Waals surface area contributed by atoms with Gasteiger partial charge in [-0.15, -0.1) is 0 Å². The Morgan fingerprint density at radius 3 is 2.81 bits per heavy atom. The van der Waals surface area contributed by atoms with Crippen molar-refractivity contribution in [3.05, 3.63) is 24.3 Å². The molecule has 16 heavy (non-hydrogen) atoms. The Balaban J connectivity index is 2.58. The lowest BCUT2D eigenvalue weighted by Crippen LogP contribution is -2.38. The molecule has 0 spiro atoms. The number of hydrogen-bond donors (Lipinski definition) is 3. The summed E-state index contributed by atoms with van der Waals surface area (Å²) in [7, 11) is 0. The zero-order valence-corrected chi connectivity index (χ0v) is 8.37. The molecule has 0 atom stereocenters. The van der Waals surface area contributed by atoms with E-state index in [1.54, 1.807) is 0 Å². The van der Waals surface area contributed by atoms with Crippen LogP contribution in [0.5, 0.6) is 0 Å². The van der Waals surface area contributed by atoms with E-state index in [4.69, 9.17) is 5.73 Å². The number of pyridine rings is 1. The maximum absolute atomic E-state index is 13.0. The minimum absolute atomic E-state index is 0.0945. The molecule has 0 bridgehead atoms. The molecule has 0 saturated heterocycles. The second kappa shape index (κ2) is 5.76. The molecule has 86 valence electrons. The SMILES string of the molecule is NCCNC(=O)C(=O)Nc1ccncc1F. The van der Waals surface area contributed by atoms with Crippen LogP contribution in [0.1, 0.15) is 0 Å². The van der Waals surface area contributed by atoms with Gasteiger partial charge >= 0.3 is 11.8 Å². The Labute approximate surface area is 91.0 Å². The van der Waals surface area contributed by atoms with E-state index in [2.05, 4.69) is 15.6 Å². The van der Waals surface area contributed by atoms with Crippen LogP contribution >= 0.6 is 0 Å². The number of halogens is 1. The van der Waals surface area contributed by atoms with Crippen molar-refractivity contribution in [2.45, 2.75) is 0 Å². The Morgan fingerprint density at radius 1 is 1.44 bits per heavy atom. The van der Waals surface area contributed by atoms with Crippen molar-refractivity contribution in [2.75, 3.05) is 18.4 Å². The van der Waals surface area contributed by atoms with Gasteiger partial charge in [0.1, 0.15) is 0 Å². The van der Waals surface area contributed by atoms with Gasteiger partial charge in [0.15, 0.2) is 5.82 Å². The Morgan fingerprint density at radius 2 is 2.19 bits per heavy atom. The standard InChI is InChI=1S/C9H11FN4O2/c10-6-5-12-3-1-7(6)14-9(16)8(15)13-4-2-11/h1,3,5H,2,4,11H2,(H,13,15)(H,12,14,16). The number of carbonyl (C=O) groups is 2. The largest absolute Gasteiger partial charge is 0.347 e. The van der Waals surface area contributed by atoms with Gasteiger partial charge in [-0.05, 0) is 6.07 Å². The molecule has 0 radical (unpaired) electrons. The van der Waals surface area contributed by atoms with Gasteiger partial charge in [-0.25, -0.2) is 4.39 Å². The summed E-state index contributed by atoms with van der Waals surface area (Å²) in [6.07, 6.45) is 2.24. The summed E-state index contributed by atoms with van der Waals surface area (Å²) in [5.74, 6) is -2.51. The molecule has 0 aliphatic rings. The van der Waals surface area contributed by atoms with Crippen molar-refractivity contribution in [1.82, 2.24) is 10.3 Å². The number of amides is 2. The number of hydrogen-bond acceptors (Lipinski definition) is 4. The van der Waals surface area contributed by atoms with Crippen LogP contribution < -0.4 is 16.4 Å². The Bertz CT molecular complexity index is 397. The lowest BCUT2D eigenvalue weighted by Gasteiger charge is -2.05. The van der Waals surface area contributed by atoms with Crippen LogP contribution in [0.3, 0.4) is 0 Å². The molecule has 0 aromatic carbocycles. The highest BCUT2D eigenvalue weighted by molar-refractivity contribution is 6.39. The van der Waals surface area contributed by atoms with E-state index < -0.39 is 17.6 Å². The van der Waals surface area contributed by atoms with Crippen LogP contribution in [-0.2, 0) is 9.59 Å². The van der Waals surface area contributed by atoms with Gasteiger partial charge in [0.25, 0.3) is 0 Å². The van der Waals surface area contributed by atoms with E-state index in [1.807, 2.05) is 0 Å². The summed E-state index contributed by atoms with van der Waals surface area (Å²) in [6.45, 7) is 0.410. The zero-order valence-electron chi connectivity index (χ0n) is 8.37. The molecule has 2 amide bonds. The van der Waals surface area contributed by atoms with Crippen LogP contribution in [-0.4, -0.2) is 29.9 Å². The fourth-order valence-electron chi connectivity index (χ4n) is 0.922. The molecule has 1 aromatic heterocycles. The quantitative estimate of drug-likeness (QED) is 0.590. The third kappa shape index (κ3) is 3.28. The third-order valence-electron chi connectivity index (χ3n) is 1.66. The van der Waals surface area contributed by atoms with Gasteiger partial charge in [-0.1, -0.05) is 0 Å². The van der Waals surface area contributed by atoms with Crippen molar-refractivity contribution < 1.29 is 14.0 Å². The van der Waals surface area contributed by atoms with Gasteiger partial charge in [0.05, 0.1) is 11.9 Å². The summed E-state index contributed by atoms with van der Waals surface area (Å²) in [4.78, 5) is 25.8. The number of nitrogens with two attached hydrogens (primary N) is 1. The average Bonchev–Trinajstić information content (AvgIpc) is 2.28. The van der Waals surface area contributed by atoms with E-state index in [0.717, 1.165) is 6.20 Å². The number of rotatable bonds is 3. The molecule has 4 N–H and O–H groups in total. The van der Waals surface area contributed by atoms with Crippen LogP contribution in [0.15, 0.2) is 18.5 Å². The molecule has 0 fully saturated rings. The van der Waals surface area contributed by atoms with E-state index in [-0.39, 0.29) is 18.8 Å². The first kappa shape index (κ1) is 12.1. The maximum atomic E-state index is 13.0. The van der Waals surface area contributed by atoms with Crippen molar-refractivity contribution in [3.63, 3.8) is 0 Å². The topological polar surface area (TPSA) is 97.1 Å². The van der Waals surface area contributed by atoms with Crippen LogP contribution in [0, 0.1) is 5.82 Å². The van der Waals surface area contributed by atoms with Gasteiger partial charge in [-0.3, -0.25) is 14.6 Å². The van der Waals surface area contributed by atoms with Gasteiger partial charge in [-0.2, -0.15) is 0 Å². The molecular formula is C9H11FN4O2. The molecule has 7 heteroatoms. The second-order valence-electron chi connectivity index (χ2n) is 2.85. The van der Waals surface area contributed by atoms with Crippen molar-refractivity contribution in [2.24, 2.45) is 5.73 Å². The summed E-state index contributed by atoms with van der Waals surface area (Å²) in [5, 5.41) is 4.37. The van der Waals surface area contributed by atoms with E-state index >= 15 is 0 Å². The van der Waals surface area contributed by atoms with Gasteiger partial charge in [0.2, 0.25) is 0 Å². The molecule has 0 saturated carbocycles. The molecule has 0 aliphatic carbocycles. The highest BCUT2D eigenvalue weighted by Crippen LogP contribution is 2.10. The Kier molecular flexibility index (Phi) is 4.34. The fraction of sp³-hybridized carbons (Fsp3) is 0.222. The first-order chi connectivity index (χ1) is 7.65. The van der Waals surface area contributed by atoms with E-state index in [1.165, 1.54) is 12.3 Å². The minimum atomic E-state index is -0.946. The number of nitrogens with one attached hydrogen (secondary N) is 2. The summed E-state index contributed by atoms with van der Waals surface area (Å²) >= 11 is 0. The number of carbonyl (C=O) groups excluding carboxylic acids is 2. The predicted octanol–water partition coefficient (Wildman–Crippen LogP) is -0.766. The van der Waals surface area contributed by atoms with E-state index in [9.17, 15) is 14.0 Å². The predicted molar refractivity (Wildman–Crippen MR) is 54.9 cm³/mol. The van der Waals surface area contributed by atoms with Crippen LogP contribution in [0.2, 0.25) is 0 Å². The number of anilines is 1. The van der Waals surface area contributed by atoms with Crippen molar-refractivity contribution >= 4 is 17.5 Å². The molecule has 1 aromatic rings. The van der Waals surface area contributed by atoms with Crippen LogP contribution in [0.4, 0.5) is 10.1 Å². The normalized spacial score (nSPS) is 9.62. The smallest absolute Gasteiger partial charge is 0.313 e.